The topological polar surface area (TPSA) is 62.1 Å². The van der Waals surface area contributed by atoms with Gasteiger partial charge in [0.05, 0.1) is 23.4 Å². The van der Waals surface area contributed by atoms with Crippen molar-refractivity contribution in [1.82, 2.24) is 14.9 Å². The monoisotopic (exact) mass is 485 g/mol. The fourth-order valence-corrected chi connectivity index (χ4v) is 4.26. The molecule has 5 rings (SSSR count). The Balaban J connectivity index is 1.34. The fraction of sp³-hybridized carbons (Fsp3) is 0.200. The minimum Gasteiger partial charge on any atom is -0.460 e. The van der Waals surface area contributed by atoms with Gasteiger partial charge in [0.25, 0.3) is 5.56 Å². The van der Waals surface area contributed by atoms with Gasteiger partial charge in [-0.2, -0.15) is 13.2 Å². The number of benzene rings is 2. The molecule has 4 aromatic rings. The molecule has 0 spiro atoms. The van der Waals surface area contributed by atoms with Crippen LogP contribution in [0.4, 0.5) is 13.2 Å². The van der Waals surface area contributed by atoms with Crippen LogP contribution in [0.5, 0.6) is 0 Å². The Bertz CT molecular complexity index is 1390. The first kappa shape index (κ1) is 22.4. The molecule has 2 aromatic carbocycles. The van der Waals surface area contributed by atoms with Crippen LogP contribution in [0.1, 0.15) is 22.6 Å². The number of aromatic nitrogens is 2. The lowest BCUT2D eigenvalue weighted by Gasteiger charge is -2.26. The van der Waals surface area contributed by atoms with Crippen LogP contribution in [0.3, 0.4) is 0 Å². The summed E-state index contributed by atoms with van der Waals surface area (Å²) in [5.74, 6) is 1.18. The van der Waals surface area contributed by atoms with E-state index in [-0.39, 0.29) is 16.9 Å². The minimum atomic E-state index is -4.47. The maximum Gasteiger partial charge on any atom is 0.417 e. The van der Waals surface area contributed by atoms with Crippen LogP contribution in [0.2, 0.25) is 5.02 Å². The summed E-state index contributed by atoms with van der Waals surface area (Å²) in [5, 5.41) is 0.600. The van der Waals surface area contributed by atoms with Gasteiger partial charge in [-0.15, -0.1) is 0 Å². The fourth-order valence-electron chi connectivity index (χ4n) is 4.13. The molecule has 5 nitrogen and oxygen atoms in total. The average Bonchev–Trinajstić information content (AvgIpc) is 3.28. The van der Waals surface area contributed by atoms with E-state index in [0.29, 0.717) is 48.2 Å². The van der Waals surface area contributed by atoms with E-state index in [1.54, 1.807) is 42.5 Å². The molecule has 0 radical (unpaired) electrons. The summed E-state index contributed by atoms with van der Waals surface area (Å²) in [7, 11) is 0. The Kier molecular flexibility index (Phi) is 5.79. The van der Waals surface area contributed by atoms with Gasteiger partial charge in [0.15, 0.2) is 0 Å². The van der Waals surface area contributed by atoms with Crippen LogP contribution in [-0.4, -0.2) is 21.4 Å². The summed E-state index contributed by atoms with van der Waals surface area (Å²) in [5.41, 5.74) is 1.15. The molecule has 3 heterocycles. The van der Waals surface area contributed by atoms with Crippen molar-refractivity contribution >= 4 is 11.6 Å². The summed E-state index contributed by atoms with van der Waals surface area (Å²) in [6.07, 6.45) is -3.90. The maximum absolute atomic E-state index is 13.4. The molecule has 0 fully saturated rings. The molecule has 1 N–H and O–H groups in total. The third-order valence-electron chi connectivity index (χ3n) is 5.80. The molecule has 2 aromatic heterocycles. The molecule has 9 heteroatoms. The van der Waals surface area contributed by atoms with Crippen LogP contribution < -0.4 is 5.56 Å². The number of hydrogen-bond donors (Lipinski definition) is 1. The Morgan fingerprint density at radius 3 is 2.59 bits per heavy atom. The maximum atomic E-state index is 13.4. The van der Waals surface area contributed by atoms with Gasteiger partial charge < -0.3 is 9.40 Å². The Labute approximate surface area is 197 Å². The van der Waals surface area contributed by atoms with E-state index in [9.17, 15) is 18.0 Å². The average molecular weight is 486 g/mol. The predicted octanol–water partition coefficient (Wildman–Crippen LogP) is 5.93. The Morgan fingerprint density at radius 1 is 1.06 bits per heavy atom. The first-order chi connectivity index (χ1) is 16.3. The zero-order valence-corrected chi connectivity index (χ0v) is 18.6. The number of nitrogens with one attached hydrogen (secondary N) is 1. The summed E-state index contributed by atoms with van der Waals surface area (Å²) >= 11 is 5.94. The highest BCUT2D eigenvalue weighted by Gasteiger charge is 2.34. The number of furan rings is 1. The van der Waals surface area contributed by atoms with Crippen LogP contribution in [-0.2, 0) is 25.7 Å². The Hall–Kier alpha value is -3.36. The molecule has 1 aliphatic heterocycles. The lowest BCUT2D eigenvalue weighted by molar-refractivity contribution is -0.137. The van der Waals surface area contributed by atoms with Crippen molar-refractivity contribution in [2.24, 2.45) is 0 Å². The van der Waals surface area contributed by atoms with Gasteiger partial charge in [-0.05, 0) is 42.5 Å². The van der Waals surface area contributed by atoms with E-state index < -0.39 is 11.7 Å². The van der Waals surface area contributed by atoms with Gasteiger partial charge in [0.2, 0.25) is 0 Å². The standard InChI is InChI=1S/C25H19ClF3N3O2/c26-16-7-5-15(6-8-16)23-30-21-11-12-32(14-19(21)24(33)31-23)13-17-9-10-22(34-17)18-3-1-2-4-20(18)25(27,28)29/h1-10H,11-14H2,(H,30,31,33). The highest BCUT2D eigenvalue weighted by Crippen LogP contribution is 2.37. The molecule has 0 saturated carbocycles. The molecule has 0 amide bonds. The van der Waals surface area contributed by atoms with Gasteiger partial charge >= 0.3 is 6.18 Å². The van der Waals surface area contributed by atoms with Crippen LogP contribution in [0.25, 0.3) is 22.7 Å². The highest BCUT2D eigenvalue weighted by atomic mass is 35.5. The Morgan fingerprint density at radius 2 is 1.82 bits per heavy atom. The third kappa shape index (κ3) is 4.51. The van der Waals surface area contributed by atoms with Crippen molar-refractivity contribution in [3.63, 3.8) is 0 Å². The van der Waals surface area contributed by atoms with E-state index in [2.05, 4.69) is 9.97 Å². The van der Waals surface area contributed by atoms with Crippen LogP contribution >= 0.6 is 11.6 Å². The van der Waals surface area contributed by atoms with Gasteiger partial charge in [-0.25, -0.2) is 4.98 Å². The second-order valence-corrected chi connectivity index (χ2v) is 8.55. The highest BCUT2D eigenvalue weighted by molar-refractivity contribution is 6.30. The number of fused-ring (bicyclic) bond motifs is 1. The van der Waals surface area contributed by atoms with E-state index in [4.69, 9.17) is 16.0 Å². The second-order valence-electron chi connectivity index (χ2n) is 8.12. The number of alkyl halides is 3. The number of halogens is 4. The molecule has 0 saturated heterocycles. The van der Waals surface area contributed by atoms with E-state index >= 15 is 0 Å². The zero-order chi connectivity index (χ0) is 23.9. The van der Waals surface area contributed by atoms with Gasteiger partial charge in [0.1, 0.15) is 17.3 Å². The van der Waals surface area contributed by atoms with Crippen LogP contribution in [0, 0.1) is 0 Å². The second kappa shape index (κ2) is 8.77. The van der Waals surface area contributed by atoms with Crippen molar-refractivity contribution in [3.05, 3.63) is 98.6 Å². The molecule has 0 bridgehead atoms. The van der Waals surface area contributed by atoms with Gasteiger partial charge in [-0.1, -0.05) is 29.8 Å². The molecular formula is C25H19ClF3N3O2. The van der Waals surface area contributed by atoms with Crippen molar-refractivity contribution in [2.45, 2.75) is 25.7 Å². The largest absolute Gasteiger partial charge is 0.460 e. The third-order valence-corrected chi connectivity index (χ3v) is 6.06. The number of rotatable bonds is 4. The molecular weight excluding hydrogens is 467 g/mol. The minimum absolute atomic E-state index is 0.000568. The summed E-state index contributed by atoms with van der Waals surface area (Å²) in [4.78, 5) is 22.3. The van der Waals surface area contributed by atoms with Crippen molar-refractivity contribution in [1.29, 1.82) is 0 Å². The van der Waals surface area contributed by atoms with Crippen molar-refractivity contribution in [3.8, 4) is 22.7 Å². The molecule has 0 aliphatic carbocycles. The SMILES string of the molecule is O=c1[nH]c(-c2ccc(Cl)cc2)nc2c1CN(Cc1ccc(-c3ccccc3C(F)(F)F)o1)CC2. The molecule has 34 heavy (non-hydrogen) atoms. The van der Waals surface area contributed by atoms with Gasteiger partial charge in [-0.3, -0.25) is 9.69 Å². The van der Waals surface area contributed by atoms with E-state index in [0.717, 1.165) is 17.3 Å². The smallest absolute Gasteiger partial charge is 0.417 e. The quantitative estimate of drug-likeness (QED) is 0.389. The lowest BCUT2D eigenvalue weighted by atomic mass is 10.1. The normalized spacial score (nSPS) is 14.2. The number of hydrogen-bond acceptors (Lipinski definition) is 4. The molecule has 174 valence electrons. The summed E-state index contributed by atoms with van der Waals surface area (Å²) < 4.78 is 45.8. The number of aromatic amines is 1. The lowest BCUT2D eigenvalue weighted by Crippen LogP contribution is -2.35. The summed E-state index contributed by atoms with van der Waals surface area (Å²) in [6, 6.07) is 15.6. The van der Waals surface area contributed by atoms with E-state index in [1.807, 2.05) is 4.90 Å². The first-order valence-corrected chi connectivity index (χ1v) is 11.0. The molecule has 0 unspecified atom stereocenters. The zero-order valence-electron chi connectivity index (χ0n) is 17.8. The van der Waals surface area contributed by atoms with Crippen LogP contribution in [0.15, 0.2) is 69.9 Å². The first-order valence-electron chi connectivity index (χ1n) is 10.6. The number of nitrogens with zero attached hydrogens (tertiary/aromatic N) is 2. The van der Waals surface area contributed by atoms with E-state index in [1.165, 1.54) is 12.1 Å². The van der Waals surface area contributed by atoms with Gasteiger partial charge in [0, 0.05) is 35.7 Å². The molecule has 1 aliphatic rings. The number of H-pyrrole nitrogens is 1. The molecule has 0 atom stereocenters. The summed E-state index contributed by atoms with van der Waals surface area (Å²) in [6.45, 7) is 1.37. The van der Waals surface area contributed by atoms with Crippen molar-refractivity contribution in [2.75, 3.05) is 6.54 Å². The van der Waals surface area contributed by atoms with Crippen molar-refractivity contribution < 1.29 is 17.6 Å². The predicted molar refractivity (Wildman–Crippen MR) is 122 cm³/mol.